The van der Waals surface area contributed by atoms with E-state index in [9.17, 15) is 0 Å². The molecule has 2 N–H and O–H groups in total. The Morgan fingerprint density at radius 2 is 2.20 bits per heavy atom. The van der Waals surface area contributed by atoms with E-state index in [0.29, 0.717) is 5.82 Å². The van der Waals surface area contributed by atoms with Gasteiger partial charge in [0.1, 0.15) is 16.5 Å². The van der Waals surface area contributed by atoms with Gasteiger partial charge in [0.15, 0.2) is 0 Å². The van der Waals surface area contributed by atoms with Crippen molar-refractivity contribution in [1.82, 2.24) is 14.9 Å². The van der Waals surface area contributed by atoms with Crippen LogP contribution in [0.3, 0.4) is 0 Å². The zero-order valence-electron chi connectivity index (χ0n) is 11.7. The summed E-state index contributed by atoms with van der Waals surface area (Å²) in [5.41, 5.74) is 5.98. The second-order valence-corrected chi connectivity index (χ2v) is 6.31. The summed E-state index contributed by atoms with van der Waals surface area (Å²) in [4.78, 5) is 12.3. The summed E-state index contributed by atoms with van der Waals surface area (Å²) in [6.07, 6.45) is 2.30. The molecule has 1 fully saturated rings. The Morgan fingerprint density at radius 3 is 3.00 bits per heavy atom. The van der Waals surface area contributed by atoms with E-state index in [2.05, 4.69) is 21.9 Å². The Bertz CT molecular complexity index is 580. The first kappa shape index (κ1) is 13.7. The minimum absolute atomic E-state index is 0.589. The van der Waals surface area contributed by atoms with Crippen molar-refractivity contribution in [3.05, 3.63) is 17.3 Å². The van der Waals surface area contributed by atoms with Crippen molar-refractivity contribution in [3.8, 4) is 0 Å². The molecule has 20 heavy (non-hydrogen) atoms. The van der Waals surface area contributed by atoms with Gasteiger partial charge in [0, 0.05) is 19.8 Å². The average Bonchev–Trinajstić information content (AvgIpc) is 2.88. The number of nitrogens with zero attached hydrogens (tertiary/aromatic N) is 3. The number of nitrogens with two attached hydrogens (primary N) is 1. The largest absolute Gasteiger partial charge is 0.383 e. The van der Waals surface area contributed by atoms with Gasteiger partial charge in [-0.3, -0.25) is 4.90 Å². The van der Waals surface area contributed by atoms with Crippen LogP contribution in [0.25, 0.3) is 10.2 Å². The second kappa shape index (κ2) is 6.03. The number of nitrogen functional groups attached to an aromatic ring is 1. The van der Waals surface area contributed by atoms with Crippen molar-refractivity contribution in [1.29, 1.82) is 0 Å². The summed E-state index contributed by atoms with van der Waals surface area (Å²) in [7, 11) is 2.12. The standard InChI is InChI=1S/C14H20N4OS/c1-18(8-10-2-5-19-6-3-10)9-12-16-13(15)11-4-7-20-14(11)17-12/h4,7,10H,2-3,5-6,8-9H2,1H3,(H2,15,16,17). The second-order valence-electron chi connectivity index (χ2n) is 5.42. The Morgan fingerprint density at radius 1 is 1.40 bits per heavy atom. The monoisotopic (exact) mass is 292 g/mol. The quantitative estimate of drug-likeness (QED) is 0.935. The van der Waals surface area contributed by atoms with E-state index in [1.54, 1.807) is 11.3 Å². The molecule has 0 amide bonds. The van der Waals surface area contributed by atoms with Gasteiger partial charge in [0.05, 0.1) is 11.9 Å². The van der Waals surface area contributed by atoms with Crippen LogP contribution in [0.1, 0.15) is 18.7 Å². The smallest absolute Gasteiger partial charge is 0.146 e. The van der Waals surface area contributed by atoms with Crippen LogP contribution in [0.2, 0.25) is 0 Å². The summed E-state index contributed by atoms with van der Waals surface area (Å²) in [6.45, 7) is 3.59. The molecule has 0 aliphatic carbocycles. The highest BCUT2D eigenvalue weighted by Gasteiger charge is 2.16. The summed E-state index contributed by atoms with van der Waals surface area (Å²) in [6, 6.07) is 1.98. The molecule has 0 spiro atoms. The van der Waals surface area contributed by atoms with E-state index < -0.39 is 0 Å². The Kier molecular flexibility index (Phi) is 4.14. The van der Waals surface area contributed by atoms with E-state index in [4.69, 9.17) is 10.5 Å². The minimum Gasteiger partial charge on any atom is -0.383 e. The lowest BCUT2D eigenvalue weighted by Crippen LogP contribution is -2.29. The molecule has 1 aliphatic heterocycles. The summed E-state index contributed by atoms with van der Waals surface area (Å²) < 4.78 is 5.40. The minimum atomic E-state index is 0.589. The third kappa shape index (κ3) is 3.08. The normalized spacial score (nSPS) is 17.1. The Labute approximate surface area is 122 Å². The van der Waals surface area contributed by atoms with E-state index in [-0.39, 0.29) is 0 Å². The van der Waals surface area contributed by atoms with Gasteiger partial charge >= 0.3 is 0 Å². The molecular formula is C14H20N4OS. The van der Waals surface area contributed by atoms with Crippen molar-refractivity contribution >= 4 is 27.4 Å². The number of rotatable bonds is 4. The lowest BCUT2D eigenvalue weighted by molar-refractivity contribution is 0.0547. The fraction of sp³-hybridized carbons (Fsp3) is 0.571. The zero-order valence-corrected chi connectivity index (χ0v) is 12.5. The van der Waals surface area contributed by atoms with E-state index in [0.717, 1.165) is 61.1 Å². The molecule has 0 unspecified atom stereocenters. The maximum Gasteiger partial charge on any atom is 0.146 e. The van der Waals surface area contributed by atoms with Crippen LogP contribution in [0.5, 0.6) is 0 Å². The van der Waals surface area contributed by atoms with Gasteiger partial charge in [0.2, 0.25) is 0 Å². The zero-order chi connectivity index (χ0) is 13.9. The molecule has 2 aromatic heterocycles. The third-order valence-electron chi connectivity index (χ3n) is 3.72. The number of thiophene rings is 1. The fourth-order valence-corrected chi connectivity index (χ4v) is 3.46. The molecular weight excluding hydrogens is 272 g/mol. The van der Waals surface area contributed by atoms with Gasteiger partial charge < -0.3 is 10.5 Å². The first-order valence-corrected chi connectivity index (χ1v) is 7.86. The van der Waals surface area contributed by atoms with Crippen molar-refractivity contribution in [3.63, 3.8) is 0 Å². The first-order chi connectivity index (χ1) is 9.72. The van der Waals surface area contributed by atoms with Crippen molar-refractivity contribution < 1.29 is 4.74 Å². The molecule has 108 valence electrons. The van der Waals surface area contributed by atoms with E-state index in [1.165, 1.54) is 0 Å². The third-order valence-corrected chi connectivity index (χ3v) is 4.53. The lowest BCUT2D eigenvalue weighted by atomic mass is 10.00. The van der Waals surface area contributed by atoms with E-state index >= 15 is 0 Å². The van der Waals surface area contributed by atoms with Gasteiger partial charge in [-0.1, -0.05) is 0 Å². The molecule has 2 aromatic rings. The van der Waals surface area contributed by atoms with Gasteiger partial charge in [-0.15, -0.1) is 11.3 Å². The number of ether oxygens (including phenoxy) is 1. The van der Waals surface area contributed by atoms with Gasteiger partial charge in [0.25, 0.3) is 0 Å². The highest BCUT2D eigenvalue weighted by molar-refractivity contribution is 7.16. The molecule has 3 rings (SSSR count). The number of fused-ring (bicyclic) bond motifs is 1. The molecule has 1 saturated heterocycles. The molecule has 0 saturated carbocycles. The summed E-state index contributed by atoms with van der Waals surface area (Å²) >= 11 is 1.61. The van der Waals surface area contributed by atoms with Gasteiger partial charge in [-0.05, 0) is 37.3 Å². The number of aromatic nitrogens is 2. The molecule has 5 nitrogen and oxygen atoms in total. The maximum atomic E-state index is 5.98. The average molecular weight is 292 g/mol. The van der Waals surface area contributed by atoms with Crippen LogP contribution >= 0.6 is 11.3 Å². The van der Waals surface area contributed by atoms with Crippen LogP contribution in [-0.4, -0.2) is 41.7 Å². The first-order valence-electron chi connectivity index (χ1n) is 6.98. The van der Waals surface area contributed by atoms with Gasteiger partial charge in [-0.2, -0.15) is 0 Å². The SMILES string of the molecule is CN(Cc1nc(N)c2ccsc2n1)CC1CCOCC1. The van der Waals surface area contributed by atoms with Crippen LogP contribution in [0.4, 0.5) is 5.82 Å². The molecule has 3 heterocycles. The predicted molar refractivity (Wildman–Crippen MR) is 81.7 cm³/mol. The Balaban J connectivity index is 1.65. The van der Waals surface area contributed by atoms with Gasteiger partial charge in [-0.25, -0.2) is 9.97 Å². The molecule has 0 bridgehead atoms. The van der Waals surface area contributed by atoms with Crippen molar-refractivity contribution in [2.45, 2.75) is 19.4 Å². The number of hydrogen-bond donors (Lipinski definition) is 1. The molecule has 0 radical (unpaired) electrons. The van der Waals surface area contributed by atoms with Crippen molar-refractivity contribution in [2.75, 3.05) is 32.5 Å². The molecule has 0 atom stereocenters. The Hall–Kier alpha value is -1.24. The maximum absolute atomic E-state index is 5.98. The highest BCUT2D eigenvalue weighted by atomic mass is 32.1. The van der Waals surface area contributed by atoms with Crippen LogP contribution in [-0.2, 0) is 11.3 Å². The lowest BCUT2D eigenvalue weighted by Gasteiger charge is -2.26. The van der Waals surface area contributed by atoms with Crippen LogP contribution in [0.15, 0.2) is 11.4 Å². The van der Waals surface area contributed by atoms with Crippen molar-refractivity contribution in [2.24, 2.45) is 5.92 Å². The van der Waals surface area contributed by atoms with Crippen LogP contribution < -0.4 is 5.73 Å². The number of anilines is 1. The van der Waals surface area contributed by atoms with E-state index in [1.807, 2.05) is 11.4 Å². The highest BCUT2D eigenvalue weighted by Crippen LogP contribution is 2.23. The topological polar surface area (TPSA) is 64.3 Å². The summed E-state index contributed by atoms with van der Waals surface area (Å²) in [5, 5.41) is 2.97. The molecule has 0 aromatic carbocycles. The number of hydrogen-bond acceptors (Lipinski definition) is 6. The molecule has 1 aliphatic rings. The summed E-state index contributed by atoms with van der Waals surface area (Å²) in [5.74, 6) is 2.12. The predicted octanol–water partition coefficient (Wildman–Crippen LogP) is 2.13. The molecule has 6 heteroatoms. The van der Waals surface area contributed by atoms with Crippen LogP contribution in [0, 0.1) is 5.92 Å². The fourth-order valence-electron chi connectivity index (χ4n) is 2.67.